The van der Waals surface area contributed by atoms with Gasteiger partial charge in [0.05, 0.1) is 16.7 Å². The third kappa shape index (κ3) is 4.49. The Balaban J connectivity index is 1.88. The highest BCUT2D eigenvalue weighted by atomic mass is 32.1. The van der Waals surface area contributed by atoms with E-state index in [1.807, 2.05) is 25.7 Å². The van der Waals surface area contributed by atoms with Gasteiger partial charge in [-0.1, -0.05) is 13.8 Å². The topological polar surface area (TPSA) is 62.5 Å². The zero-order chi connectivity index (χ0) is 15.4. The number of carbonyl (C=O) groups excluding carboxylic acids is 1. The minimum atomic E-state index is -0.377. The van der Waals surface area contributed by atoms with Gasteiger partial charge in [0.2, 0.25) is 5.91 Å². The highest BCUT2D eigenvalue weighted by Gasteiger charge is 2.25. The fraction of sp³-hybridized carbons (Fsp3) is 0.733. The van der Waals surface area contributed by atoms with E-state index in [1.165, 1.54) is 0 Å². The largest absolute Gasteiger partial charge is 0.340 e. The average molecular weight is 310 g/mol. The number of amides is 1. The second-order valence-corrected chi connectivity index (χ2v) is 7.14. The molecule has 1 aromatic rings. The Bertz CT molecular complexity index is 474. The van der Waals surface area contributed by atoms with E-state index in [0.29, 0.717) is 0 Å². The van der Waals surface area contributed by atoms with Gasteiger partial charge in [0.15, 0.2) is 0 Å². The van der Waals surface area contributed by atoms with Crippen molar-refractivity contribution in [2.75, 3.05) is 26.2 Å². The Morgan fingerprint density at radius 2 is 2.14 bits per heavy atom. The van der Waals surface area contributed by atoms with Gasteiger partial charge in [-0.05, 0) is 19.3 Å². The third-order valence-corrected chi connectivity index (χ3v) is 4.78. The van der Waals surface area contributed by atoms with Gasteiger partial charge >= 0.3 is 0 Å². The fourth-order valence-corrected chi connectivity index (χ4v) is 3.16. The van der Waals surface area contributed by atoms with Crippen molar-refractivity contribution in [3.8, 4) is 0 Å². The minimum Gasteiger partial charge on any atom is -0.340 e. The SMILES string of the molecule is Cc1nc(CN2CCCN(C(=O)[C@@H](N)C(C)C)CC2)cs1. The molecule has 1 atom stereocenters. The van der Waals surface area contributed by atoms with Gasteiger partial charge in [-0.3, -0.25) is 9.69 Å². The molecular weight excluding hydrogens is 284 g/mol. The van der Waals surface area contributed by atoms with Crippen LogP contribution >= 0.6 is 11.3 Å². The zero-order valence-electron chi connectivity index (χ0n) is 13.2. The van der Waals surface area contributed by atoms with Gasteiger partial charge in [-0.2, -0.15) is 0 Å². The van der Waals surface area contributed by atoms with E-state index >= 15 is 0 Å². The van der Waals surface area contributed by atoms with Crippen molar-refractivity contribution in [3.05, 3.63) is 16.1 Å². The molecule has 5 nitrogen and oxygen atoms in total. The molecule has 0 bridgehead atoms. The molecule has 1 amide bonds. The van der Waals surface area contributed by atoms with Crippen LogP contribution in [0.3, 0.4) is 0 Å². The van der Waals surface area contributed by atoms with Gasteiger partial charge in [0.1, 0.15) is 0 Å². The van der Waals surface area contributed by atoms with Crippen molar-refractivity contribution in [3.63, 3.8) is 0 Å². The van der Waals surface area contributed by atoms with Gasteiger partial charge < -0.3 is 10.6 Å². The molecule has 2 N–H and O–H groups in total. The number of carbonyl (C=O) groups is 1. The molecule has 1 saturated heterocycles. The standard InChI is InChI=1S/C15H26N4OS/c1-11(2)14(16)15(20)19-6-4-5-18(7-8-19)9-13-10-21-12(3)17-13/h10-11,14H,4-9,16H2,1-3H3/t14-/m0/s1. The van der Waals surface area contributed by atoms with Crippen molar-refractivity contribution >= 4 is 17.2 Å². The third-order valence-electron chi connectivity index (χ3n) is 3.96. The molecule has 0 saturated carbocycles. The molecule has 0 aliphatic carbocycles. The quantitative estimate of drug-likeness (QED) is 0.915. The molecule has 1 aromatic heterocycles. The summed E-state index contributed by atoms with van der Waals surface area (Å²) < 4.78 is 0. The Morgan fingerprint density at radius 3 is 2.76 bits per heavy atom. The normalized spacial score (nSPS) is 18.8. The van der Waals surface area contributed by atoms with E-state index < -0.39 is 0 Å². The fourth-order valence-electron chi connectivity index (χ4n) is 2.56. The van der Waals surface area contributed by atoms with Crippen molar-refractivity contribution < 1.29 is 4.79 Å². The lowest BCUT2D eigenvalue weighted by Crippen LogP contribution is -2.47. The highest BCUT2D eigenvalue weighted by molar-refractivity contribution is 7.09. The van der Waals surface area contributed by atoms with Gasteiger partial charge in [-0.25, -0.2) is 4.98 Å². The summed E-state index contributed by atoms with van der Waals surface area (Å²) in [6.45, 7) is 10.4. The first kappa shape index (κ1) is 16.4. The lowest BCUT2D eigenvalue weighted by molar-refractivity contribution is -0.133. The lowest BCUT2D eigenvalue weighted by atomic mass is 10.0. The predicted molar refractivity (Wildman–Crippen MR) is 86.1 cm³/mol. The first-order valence-electron chi connectivity index (χ1n) is 7.65. The molecule has 118 valence electrons. The summed E-state index contributed by atoms with van der Waals surface area (Å²) in [5.41, 5.74) is 7.12. The summed E-state index contributed by atoms with van der Waals surface area (Å²) in [7, 11) is 0. The molecule has 0 radical (unpaired) electrons. The van der Waals surface area contributed by atoms with Crippen LogP contribution < -0.4 is 5.73 Å². The first-order chi connectivity index (χ1) is 9.97. The van der Waals surface area contributed by atoms with E-state index in [1.54, 1.807) is 11.3 Å². The zero-order valence-corrected chi connectivity index (χ0v) is 14.0. The molecule has 1 aliphatic heterocycles. The van der Waals surface area contributed by atoms with Gasteiger partial charge in [0.25, 0.3) is 0 Å². The number of aryl methyl sites for hydroxylation is 1. The van der Waals surface area contributed by atoms with Gasteiger partial charge in [-0.15, -0.1) is 11.3 Å². The Morgan fingerprint density at radius 1 is 1.38 bits per heavy atom. The Hall–Kier alpha value is -0.980. The summed E-state index contributed by atoms with van der Waals surface area (Å²) in [6.07, 6.45) is 1.000. The molecule has 21 heavy (non-hydrogen) atoms. The van der Waals surface area contributed by atoms with Crippen molar-refractivity contribution in [1.82, 2.24) is 14.8 Å². The highest BCUT2D eigenvalue weighted by Crippen LogP contribution is 2.13. The molecule has 1 fully saturated rings. The lowest BCUT2D eigenvalue weighted by Gasteiger charge is -2.26. The summed E-state index contributed by atoms with van der Waals surface area (Å²) in [5.74, 6) is 0.284. The van der Waals surface area contributed by atoms with Crippen LogP contribution in [0.25, 0.3) is 0 Å². The van der Waals surface area contributed by atoms with Crippen LogP contribution in [0.5, 0.6) is 0 Å². The molecule has 0 unspecified atom stereocenters. The number of nitrogens with zero attached hydrogens (tertiary/aromatic N) is 3. The summed E-state index contributed by atoms with van der Waals surface area (Å²) in [4.78, 5) is 21.2. The predicted octanol–water partition coefficient (Wildman–Crippen LogP) is 1.47. The van der Waals surface area contributed by atoms with Crippen LogP contribution in [0.1, 0.15) is 31.0 Å². The Labute approximate surface area is 131 Å². The summed E-state index contributed by atoms with van der Waals surface area (Å²) in [5, 5.41) is 3.23. The smallest absolute Gasteiger partial charge is 0.239 e. The van der Waals surface area contributed by atoms with E-state index in [-0.39, 0.29) is 17.9 Å². The summed E-state index contributed by atoms with van der Waals surface area (Å²) in [6, 6.07) is -0.377. The van der Waals surface area contributed by atoms with Crippen LogP contribution in [-0.4, -0.2) is 52.9 Å². The molecule has 1 aliphatic rings. The second kappa shape index (κ2) is 7.33. The van der Waals surface area contributed by atoms with Gasteiger partial charge in [0, 0.05) is 38.1 Å². The molecule has 0 aromatic carbocycles. The molecular formula is C15H26N4OS. The van der Waals surface area contributed by atoms with Crippen LogP contribution in [0.15, 0.2) is 5.38 Å². The summed E-state index contributed by atoms with van der Waals surface area (Å²) >= 11 is 1.69. The maximum Gasteiger partial charge on any atom is 0.239 e. The number of hydrogen-bond acceptors (Lipinski definition) is 5. The minimum absolute atomic E-state index is 0.0938. The van der Waals surface area contributed by atoms with Crippen LogP contribution in [0, 0.1) is 12.8 Å². The van der Waals surface area contributed by atoms with Crippen molar-refractivity contribution in [1.29, 1.82) is 0 Å². The van der Waals surface area contributed by atoms with E-state index in [2.05, 4.69) is 15.3 Å². The van der Waals surface area contributed by atoms with Crippen LogP contribution in [0.4, 0.5) is 0 Å². The number of nitrogens with two attached hydrogens (primary N) is 1. The number of hydrogen-bond donors (Lipinski definition) is 1. The van der Waals surface area contributed by atoms with E-state index in [4.69, 9.17) is 5.73 Å². The average Bonchev–Trinajstić information content (AvgIpc) is 2.72. The first-order valence-corrected chi connectivity index (χ1v) is 8.53. The second-order valence-electron chi connectivity index (χ2n) is 6.08. The van der Waals surface area contributed by atoms with Crippen molar-refractivity contribution in [2.24, 2.45) is 11.7 Å². The molecule has 6 heteroatoms. The Kier molecular flexibility index (Phi) is 5.72. The van der Waals surface area contributed by atoms with Crippen LogP contribution in [-0.2, 0) is 11.3 Å². The monoisotopic (exact) mass is 310 g/mol. The number of rotatable bonds is 4. The molecule has 2 heterocycles. The van der Waals surface area contributed by atoms with Crippen LogP contribution in [0.2, 0.25) is 0 Å². The molecule has 2 rings (SSSR count). The molecule has 0 spiro atoms. The maximum absolute atomic E-state index is 12.3. The number of thiazole rings is 1. The van der Waals surface area contributed by atoms with E-state index in [9.17, 15) is 4.79 Å². The van der Waals surface area contributed by atoms with Crippen molar-refractivity contribution in [2.45, 2.75) is 39.8 Å². The number of aromatic nitrogens is 1. The maximum atomic E-state index is 12.3. The van der Waals surface area contributed by atoms with E-state index in [0.717, 1.165) is 49.8 Å².